The topological polar surface area (TPSA) is 55.6 Å². The van der Waals surface area contributed by atoms with E-state index in [-0.39, 0.29) is 17.4 Å². The highest BCUT2D eigenvalue weighted by Gasteiger charge is 2.27. The molecule has 0 aliphatic carbocycles. The maximum Gasteiger partial charge on any atom is 0.253 e. The smallest absolute Gasteiger partial charge is 0.253 e. The summed E-state index contributed by atoms with van der Waals surface area (Å²) < 4.78 is 5.38. The highest BCUT2D eigenvalue weighted by Crippen LogP contribution is 2.26. The highest BCUT2D eigenvalue weighted by atomic mass is 16.5. The lowest BCUT2D eigenvalue weighted by atomic mass is 9.87. The summed E-state index contributed by atoms with van der Waals surface area (Å²) in [6, 6.07) is 5.32. The van der Waals surface area contributed by atoms with E-state index in [0.29, 0.717) is 23.6 Å². The van der Waals surface area contributed by atoms with E-state index in [9.17, 15) is 4.79 Å². The van der Waals surface area contributed by atoms with E-state index in [2.05, 4.69) is 27.7 Å². The molecule has 112 valence electrons. The van der Waals surface area contributed by atoms with Crippen LogP contribution in [0.15, 0.2) is 18.2 Å². The zero-order valence-electron chi connectivity index (χ0n) is 13.4. The van der Waals surface area contributed by atoms with E-state index in [1.807, 2.05) is 14.0 Å². The van der Waals surface area contributed by atoms with Gasteiger partial charge in [-0.15, -0.1) is 0 Å². The van der Waals surface area contributed by atoms with Crippen molar-refractivity contribution in [3.05, 3.63) is 23.8 Å². The summed E-state index contributed by atoms with van der Waals surface area (Å²) in [7, 11) is 1.82. The Labute approximate surface area is 121 Å². The number of hydrogen-bond acceptors (Lipinski definition) is 3. The molecule has 1 aromatic carbocycles. The zero-order valence-corrected chi connectivity index (χ0v) is 13.4. The van der Waals surface area contributed by atoms with Crippen molar-refractivity contribution >= 4 is 11.6 Å². The molecule has 1 aromatic rings. The second-order valence-electron chi connectivity index (χ2n) is 6.14. The van der Waals surface area contributed by atoms with Crippen LogP contribution in [-0.4, -0.2) is 30.5 Å². The van der Waals surface area contributed by atoms with Crippen molar-refractivity contribution in [3.8, 4) is 5.75 Å². The summed E-state index contributed by atoms with van der Waals surface area (Å²) in [5, 5.41) is 0. The van der Waals surface area contributed by atoms with E-state index in [1.165, 1.54) is 0 Å². The number of anilines is 1. The van der Waals surface area contributed by atoms with E-state index in [4.69, 9.17) is 10.5 Å². The van der Waals surface area contributed by atoms with Crippen molar-refractivity contribution in [2.24, 2.45) is 5.41 Å². The molecular weight excluding hydrogens is 252 g/mol. The van der Waals surface area contributed by atoms with Gasteiger partial charge >= 0.3 is 0 Å². The Bertz CT molecular complexity index is 478. The molecule has 0 aromatic heterocycles. The number of nitrogens with zero attached hydrogens (tertiary/aromatic N) is 1. The van der Waals surface area contributed by atoms with Crippen LogP contribution in [0.2, 0.25) is 0 Å². The van der Waals surface area contributed by atoms with Crippen molar-refractivity contribution in [1.82, 2.24) is 4.90 Å². The third kappa shape index (κ3) is 3.65. The second kappa shape index (κ2) is 6.16. The van der Waals surface area contributed by atoms with Crippen LogP contribution < -0.4 is 10.5 Å². The monoisotopic (exact) mass is 278 g/mol. The number of carbonyl (C=O) groups excluding carboxylic acids is 1. The fourth-order valence-corrected chi connectivity index (χ4v) is 1.93. The van der Waals surface area contributed by atoms with Crippen LogP contribution in [0, 0.1) is 5.41 Å². The summed E-state index contributed by atoms with van der Waals surface area (Å²) in [6.45, 7) is 10.9. The highest BCUT2D eigenvalue weighted by molar-refractivity contribution is 5.95. The molecule has 0 fully saturated rings. The first-order valence-electron chi connectivity index (χ1n) is 6.98. The first-order valence-corrected chi connectivity index (χ1v) is 6.98. The van der Waals surface area contributed by atoms with Gasteiger partial charge in [0.25, 0.3) is 5.91 Å². The number of carbonyl (C=O) groups is 1. The average molecular weight is 278 g/mol. The first-order chi connectivity index (χ1) is 9.18. The van der Waals surface area contributed by atoms with E-state index >= 15 is 0 Å². The van der Waals surface area contributed by atoms with Crippen molar-refractivity contribution in [2.45, 2.75) is 40.7 Å². The normalized spacial score (nSPS) is 12.9. The van der Waals surface area contributed by atoms with E-state index < -0.39 is 0 Å². The number of hydrogen-bond donors (Lipinski definition) is 1. The third-order valence-corrected chi connectivity index (χ3v) is 3.71. The summed E-state index contributed by atoms with van der Waals surface area (Å²) in [4.78, 5) is 14.2. The summed E-state index contributed by atoms with van der Waals surface area (Å²) >= 11 is 0. The van der Waals surface area contributed by atoms with Crippen molar-refractivity contribution in [2.75, 3.05) is 19.4 Å². The van der Waals surface area contributed by atoms with Gasteiger partial charge in [0, 0.05) is 18.7 Å². The number of rotatable bonds is 4. The van der Waals surface area contributed by atoms with Gasteiger partial charge in [-0.1, -0.05) is 20.8 Å². The Kier molecular flexibility index (Phi) is 5.03. The molecule has 0 spiro atoms. The molecule has 2 N–H and O–H groups in total. The van der Waals surface area contributed by atoms with Crippen LogP contribution in [0.3, 0.4) is 0 Å². The molecule has 0 aliphatic rings. The fraction of sp³-hybridized carbons (Fsp3) is 0.562. The van der Waals surface area contributed by atoms with Crippen LogP contribution in [-0.2, 0) is 0 Å². The van der Waals surface area contributed by atoms with Crippen LogP contribution >= 0.6 is 0 Å². The van der Waals surface area contributed by atoms with E-state index in [1.54, 1.807) is 23.1 Å². The first kappa shape index (κ1) is 16.3. The molecule has 1 amide bonds. The number of benzene rings is 1. The average Bonchev–Trinajstić information content (AvgIpc) is 2.37. The van der Waals surface area contributed by atoms with Crippen molar-refractivity contribution < 1.29 is 9.53 Å². The minimum atomic E-state index is -0.0258. The van der Waals surface area contributed by atoms with Gasteiger partial charge in [-0.2, -0.15) is 0 Å². The molecule has 1 rings (SSSR count). The van der Waals surface area contributed by atoms with Gasteiger partial charge in [0.1, 0.15) is 5.75 Å². The van der Waals surface area contributed by atoms with Crippen LogP contribution in [0.4, 0.5) is 5.69 Å². The minimum absolute atomic E-state index is 0.0258. The lowest BCUT2D eigenvalue weighted by Crippen LogP contribution is -2.42. The lowest BCUT2D eigenvalue weighted by Gasteiger charge is -2.35. The van der Waals surface area contributed by atoms with Gasteiger partial charge in [-0.05, 0) is 37.5 Å². The van der Waals surface area contributed by atoms with Gasteiger partial charge in [-0.25, -0.2) is 0 Å². The van der Waals surface area contributed by atoms with Crippen molar-refractivity contribution in [1.29, 1.82) is 0 Å². The lowest BCUT2D eigenvalue weighted by molar-refractivity contribution is 0.0629. The van der Waals surface area contributed by atoms with Crippen LogP contribution in [0.25, 0.3) is 0 Å². The maximum absolute atomic E-state index is 12.5. The van der Waals surface area contributed by atoms with Crippen molar-refractivity contribution in [3.63, 3.8) is 0 Å². The number of nitrogens with two attached hydrogens (primary N) is 1. The number of nitrogen functional groups attached to an aromatic ring is 1. The predicted molar refractivity (Wildman–Crippen MR) is 83.0 cm³/mol. The Balaban J connectivity index is 2.95. The number of amides is 1. The van der Waals surface area contributed by atoms with Gasteiger partial charge in [0.2, 0.25) is 0 Å². The molecule has 0 saturated heterocycles. The van der Waals surface area contributed by atoms with Gasteiger partial charge in [0.15, 0.2) is 0 Å². The van der Waals surface area contributed by atoms with Gasteiger partial charge in [0.05, 0.1) is 12.3 Å². The molecule has 0 aliphatic heterocycles. The Morgan fingerprint density at radius 1 is 1.40 bits per heavy atom. The number of ether oxygens (including phenoxy) is 1. The Hall–Kier alpha value is -1.71. The van der Waals surface area contributed by atoms with Crippen LogP contribution in [0.1, 0.15) is 45.0 Å². The maximum atomic E-state index is 12.5. The minimum Gasteiger partial charge on any atom is -0.492 e. The fourth-order valence-electron chi connectivity index (χ4n) is 1.93. The summed E-state index contributed by atoms with van der Waals surface area (Å²) in [6.07, 6.45) is 0. The molecule has 4 nitrogen and oxygen atoms in total. The summed E-state index contributed by atoms with van der Waals surface area (Å²) in [5.41, 5.74) is 7.02. The second-order valence-corrected chi connectivity index (χ2v) is 6.14. The SMILES string of the molecule is CCOc1ccc(C(=O)N(C)C(C)C(C)(C)C)cc1N. The summed E-state index contributed by atoms with van der Waals surface area (Å²) in [5.74, 6) is 0.595. The zero-order chi connectivity index (χ0) is 15.5. The van der Waals surface area contributed by atoms with Gasteiger partial charge < -0.3 is 15.4 Å². The molecular formula is C16H26N2O2. The Morgan fingerprint density at radius 2 is 2.00 bits per heavy atom. The molecule has 20 heavy (non-hydrogen) atoms. The molecule has 1 atom stereocenters. The molecule has 0 radical (unpaired) electrons. The molecule has 0 saturated carbocycles. The van der Waals surface area contributed by atoms with E-state index in [0.717, 1.165) is 0 Å². The molecule has 1 unspecified atom stereocenters. The van der Waals surface area contributed by atoms with Crippen LogP contribution in [0.5, 0.6) is 5.75 Å². The Morgan fingerprint density at radius 3 is 2.45 bits per heavy atom. The molecule has 4 heteroatoms. The predicted octanol–water partition coefficient (Wildman–Crippen LogP) is 3.17. The third-order valence-electron chi connectivity index (χ3n) is 3.71. The standard InChI is InChI=1S/C16H26N2O2/c1-7-20-14-9-8-12(10-13(14)17)15(19)18(6)11(2)16(3,4)5/h8-11H,7,17H2,1-6H3. The largest absolute Gasteiger partial charge is 0.492 e. The molecule has 0 bridgehead atoms. The van der Waals surface area contributed by atoms with Gasteiger partial charge in [-0.3, -0.25) is 4.79 Å². The molecule has 0 heterocycles. The quantitative estimate of drug-likeness (QED) is 0.861.